The average molecular weight is 772 g/mol. The van der Waals surface area contributed by atoms with Crippen LogP contribution in [0.25, 0.3) is 33.2 Å². The molecule has 280 valence electrons. The summed E-state index contributed by atoms with van der Waals surface area (Å²) in [5, 5.41) is 15.5. The number of carbonyl (C=O) groups is 1. The maximum absolute atomic E-state index is 13.7. The smallest absolute Gasteiger partial charge is 0.433 e. The maximum atomic E-state index is 13.7. The zero-order chi connectivity index (χ0) is 38.3. The topological polar surface area (TPSA) is 135 Å². The lowest BCUT2D eigenvalue weighted by Crippen LogP contribution is -2.33. The number of methoxy groups -OCH3 is 1. The molecule has 16 heteroatoms. The first kappa shape index (κ1) is 39.3. The molecular weight excluding hydrogens is 732 g/mol. The number of anilines is 2. The lowest BCUT2D eigenvalue weighted by molar-refractivity contribution is -0.141. The van der Waals surface area contributed by atoms with Gasteiger partial charge in [-0.25, -0.2) is 19.4 Å². The van der Waals surface area contributed by atoms with Crippen molar-refractivity contribution in [1.82, 2.24) is 35.7 Å². The molecule has 0 atom stereocenters. The Bertz CT molecular complexity index is 2180. The fraction of sp³-hybridized carbons (Fsp3) is 0.324. The Hall–Kier alpha value is -4.92. The van der Waals surface area contributed by atoms with Crippen molar-refractivity contribution < 1.29 is 22.7 Å². The van der Waals surface area contributed by atoms with E-state index in [-0.39, 0.29) is 33.3 Å². The molecule has 2 aromatic carbocycles. The van der Waals surface area contributed by atoms with E-state index in [1.54, 1.807) is 38.4 Å². The van der Waals surface area contributed by atoms with Gasteiger partial charge in [0.25, 0.3) is 5.56 Å². The van der Waals surface area contributed by atoms with Crippen molar-refractivity contribution in [3.8, 4) is 28.3 Å². The standard InChI is InChI=1S/C30H22Cl2F3N5O2.C7H17N3O/c1-40-29(41)24-16(14-36-40)13-23(30(33,34)35)39-27(24)37-21-11-5-9-19(26(21)32)18-8-4-10-20(25(18)31)22-12-15-6-3-7-17(15)28(38-22)42-2;1-8-5-3-4-6-10-7(11)9-2/h4-5,8-14H,3,6-7H2,1-2H3,(H,37,39);8H,3-6H2,1-2H3,(H2,9,10,11). The highest BCUT2D eigenvalue weighted by Gasteiger charge is 2.34. The zero-order valence-electron chi connectivity index (χ0n) is 29.5. The molecule has 4 N–H and O–H groups in total. The lowest BCUT2D eigenvalue weighted by atomic mass is 9.99. The normalized spacial score (nSPS) is 12.2. The number of nitrogens with zero attached hydrogens (tertiary/aromatic N) is 4. The van der Waals surface area contributed by atoms with Crippen molar-refractivity contribution in [2.24, 2.45) is 7.05 Å². The molecule has 0 spiro atoms. The number of amides is 2. The van der Waals surface area contributed by atoms with E-state index >= 15 is 0 Å². The van der Waals surface area contributed by atoms with Crippen LogP contribution in [0.3, 0.4) is 0 Å². The fourth-order valence-electron chi connectivity index (χ4n) is 5.96. The summed E-state index contributed by atoms with van der Waals surface area (Å²) in [4.78, 5) is 31.9. The molecule has 1 aliphatic rings. The van der Waals surface area contributed by atoms with E-state index in [2.05, 4.69) is 31.3 Å². The molecule has 6 rings (SSSR count). The Morgan fingerprint density at radius 2 is 1.66 bits per heavy atom. The molecule has 5 aromatic rings. The molecule has 0 saturated heterocycles. The number of hydrogen-bond donors (Lipinski definition) is 4. The molecule has 3 aromatic heterocycles. The van der Waals surface area contributed by atoms with Crippen molar-refractivity contribution in [3.05, 3.63) is 91.9 Å². The van der Waals surface area contributed by atoms with Crippen LogP contribution in [0, 0.1) is 0 Å². The molecule has 53 heavy (non-hydrogen) atoms. The Balaban J connectivity index is 0.000000429. The van der Waals surface area contributed by atoms with Gasteiger partial charge in [0.05, 0.1) is 40.1 Å². The third-order valence-electron chi connectivity index (χ3n) is 8.65. The summed E-state index contributed by atoms with van der Waals surface area (Å²) in [6.45, 7) is 1.76. The molecule has 1 aliphatic carbocycles. The second kappa shape index (κ2) is 17.3. The van der Waals surface area contributed by atoms with Gasteiger partial charge in [-0.3, -0.25) is 4.79 Å². The number of alkyl halides is 3. The SMILES string of the molecule is CNCCCCNC(=O)NC.COc1nc(-c2cccc(-c3cccc(Nc4nc(C(F)(F)F)cc5cnn(C)c(=O)c45)c3Cl)c2Cl)cc2c1CCC2. The third kappa shape index (κ3) is 9.00. The van der Waals surface area contributed by atoms with Crippen molar-refractivity contribution in [2.45, 2.75) is 38.3 Å². The van der Waals surface area contributed by atoms with E-state index in [4.69, 9.17) is 32.9 Å². The number of nitrogens with one attached hydrogen (secondary N) is 4. The van der Waals surface area contributed by atoms with Gasteiger partial charge in [-0.2, -0.15) is 18.3 Å². The van der Waals surface area contributed by atoms with Crippen molar-refractivity contribution in [1.29, 1.82) is 0 Å². The first-order valence-electron chi connectivity index (χ1n) is 16.8. The number of carbonyl (C=O) groups excluding carboxylic acids is 1. The summed E-state index contributed by atoms with van der Waals surface area (Å²) in [5.74, 6) is 0.281. The Labute approximate surface area is 314 Å². The van der Waals surface area contributed by atoms with Crippen molar-refractivity contribution in [2.75, 3.05) is 39.6 Å². The summed E-state index contributed by atoms with van der Waals surface area (Å²) >= 11 is 13.8. The summed E-state index contributed by atoms with van der Waals surface area (Å²) in [7, 11) is 6.53. The molecule has 2 amide bonds. The number of rotatable bonds is 10. The number of aryl methyl sites for hydroxylation is 2. The monoisotopic (exact) mass is 770 g/mol. The number of unbranched alkanes of at least 4 members (excludes halogenated alkanes) is 1. The average Bonchev–Trinajstić information content (AvgIpc) is 3.62. The lowest BCUT2D eigenvalue weighted by Gasteiger charge is -2.17. The quantitative estimate of drug-likeness (QED) is 0.107. The van der Waals surface area contributed by atoms with Crippen LogP contribution in [0.5, 0.6) is 5.88 Å². The van der Waals surface area contributed by atoms with Gasteiger partial charge in [0.2, 0.25) is 5.88 Å². The zero-order valence-corrected chi connectivity index (χ0v) is 31.1. The molecule has 0 fully saturated rings. The van der Waals surface area contributed by atoms with Crippen LogP contribution >= 0.6 is 23.2 Å². The molecule has 0 aliphatic heterocycles. The fourth-order valence-corrected chi connectivity index (χ4v) is 6.56. The van der Waals surface area contributed by atoms with Gasteiger partial charge in [0.1, 0.15) is 11.5 Å². The summed E-state index contributed by atoms with van der Waals surface area (Å²) in [5.41, 5.74) is 3.18. The second-order valence-corrected chi connectivity index (χ2v) is 12.9. The minimum absolute atomic E-state index is 0.0109. The molecule has 0 bridgehead atoms. The molecule has 11 nitrogen and oxygen atoms in total. The Kier molecular flexibility index (Phi) is 12.8. The van der Waals surface area contributed by atoms with E-state index in [0.717, 1.165) is 61.5 Å². The number of ether oxygens (including phenoxy) is 1. The summed E-state index contributed by atoms with van der Waals surface area (Å²) in [6, 6.07) is 13.2. The number of benzene rings is 2. The highest BCUT2D eigenvalue weighted by Crippen LogP contribution is 2.43. The van der Waals surface area contributed by atoms with Gasteiger partial charge in [0, 0.05) is 48.3 Å². The van der Waals surface area contributed by atoms with Crippen LogP contribution in [-0.4, -0.2) is 60.1 Å². The molecule has 0 radical (unpaired) electrons. The maximum Gasteiger partial charge on any atom is 0.433 e. The highest BCUT2D eigenvalue weighted by molar-refractivity contribution is 6.39. The van der Waals surface area contributed by atoms with Crippen LogP contribution in [0.15, 0.2) is 59.5 Å². The largest absolute Gasteiger partial charge is 0.481 e. The van der Waals surface area contributed by atoms with Crippen LogP contribution in [0.2, 0.25) is 10.0 Å². The minimum Gasteiger partial charge on any atom is -0.481 e. The van der Waals surface area contributed by atoms with Gasteiger partial charge in [0.15, 0.2) is 0 Å². The van der Waals surface area contributed by atoms with E-state index in [1.807, 2.05) is 25.2 Å². The first-order valence-corrected chi connectivity index (χ1v) is 17.6. The van der Waals surface area contributed by atoms with Crippen molar-refractivity contribution >= 4 is 51.5 Å². The highest BCUT2D eigenvalue weighted by atomic mass is 35.5. The van der Waals surface area contributed by atoms with Gasteiger partial charge in [-0.1, -0.05) is 53.5 Å². The van der Waals surface area contributed by atoms with Gasteiger partial charge >= 0.3 is 12.2 Å². The molecular formula is C37H39Cl2F3N8O3. The van der Waals surface area contributed by atoms with E-state index in [0.29, 0.717) is 33.3 Å². The Morgan fingerprint density at radius 3 is 2.36 bits per heavy atom. The predicted octanol–water partition coefficient (Wildman–Crippen LogP) is 7.54. The minimum atomic E-state index is -4.75. The number of halogens is 5. The van der Waals surface area contributed by atoms with Crippen LogP contribution in [0.4, 0.5) is 29.5 Å². The number of urea groups is 1. The third-order valence-corrected chi connectivity index (χ3v) is 9.46. The van der Waals surface area contributed by atoms with Gasteiger partial charge in [-0.15, -0.1) is 0 Å². The number of aromatic nitrogens is 4. The first-order chi connectivity index (χ1) is 25.4. The Morgan fingerprint density at radius 1 is 0.962 bits per heavy atom. The molecule has 0 unspecified atom stereocenters. The van der Waals surface area contributed by atoms with Gasteiger partial charge in [-0.05, 0) is 69.5 Å². The molecule has 0 saturated carbocycles. The van der Waals surface area contributed by atoms with Crippen LogP contribution < -0.4 is 31.6 Å². The number of fused-ring (bicyclic) bond motifs is 2. The van der Waals surface area contributed by atoms with Gasteiger partial charge < -0.3 is 26.0 Å². The summed E-state index contributed by atoms with van der Waals surface area (Å²) in [6.07, 6.45) is 1.42. The number of pyridine rings is 2. The van der Waals surface area contributed by atoms with Crippen molar-refractivity contribution in [3.63, 3.8) is 0 Å². The molecule has 3 heterocycles. The van der Waals surface area contributed by atoms with E-state index in [1.165, 1.54) is 18.8 Å². The van der Waals surface area contributed by atoms with E-state index in [9.17, 15) is 22.8 Å². The summed E-state index contributed by atoms with van der Waals surface area (Å²) < 4.78 is 47.6. The predicted molar refractivity (Wildman–Crippen MR) is 202 cm³/mol. The number of hydrogen-bond acceptors (Lipinski definition) is 8. The van der Waals surface area contributed by atoms with Crippen LogP contribution in [-0.2, 0) is 26.1 Å². The van der Waals surface area contributed by atoms with E-state index < -0.39 is 17.4 Å². The van der Waals surface area contributed by atoms with Crippen LogP contribution in [0.1, 0.15) is 36.1 Å². The second-order valence-electron chi connectivity index (χ2n) is 12.2.